The largest absolute Gasteiger partial charge is 0.285 e. The topological polar surface area (TPSA) is 87.6 Å². The van der Waals surface area contributed by atoms with Crippen molar-refractivity contribution in [2.24, 2.45) is 0 Å². The van der Waals surface area contributed by atoms with Crippen LogP contribution in [0, 0.1) is 0 Å². The number of H-pyrrole nitrogens is 2. The predicted molar refractivity (Wildman–Crippen MR) is 77.5 cm³/mol. The maximum atomic E-state index is 4.73. The fraction of sp³-hybridized carbons (Fsp3) is 0.143. The second-order valence-corrected chi connectivity index (χ2v) is 4.75. The molecule has 4 rings (SSSR count). The molecule has 0 saturated carbocycles. The summed E-state index contributed by atoms with van der Waals surface area (Å²) in [6.07, 6.45) is 8.12. The number of aryl methyl sites for hydroxylation is 1. The lowest BCUT2D eigenvalue weighted by molar-refractivity contribution is 0.943. The first kappa shape index (κ1) is 11.8. The molecule has 0 radical (unpaired) electrons. The highest BCUT2D eigenvalue weighted by molar-refractivity contribution is 5.77. The molecule has 0 saturated heterocycles. The van der Waals surface area contributed by atoms with Crippen LogP contribution in [-0.4, -0.2) is 35.0 Å². The normalized spacial score (nSPS) is 11.3. The van der Waals surface area contributed by atoms with E-state index in [2.05, 4.69) is 32.4 Å². The van der Waals surface area contributed by atoms with Crippen LogP contribution in [0.2, 0.25) is 0 Å². The third-order valence-electron chi connectivity index (χ3n) is 3.44. The molecule has 0 atom stereocenters. The second-order valence-electron chi connectivity index (χ2n) is 4.75. The number of hydrogen-bond donors (Lipinski definition) is 2. The van der Waals surface area contributed by atoms with Crippen molar-refractivity contribution in [3.8, 4) is 22.6 Å². The van der Waals surface area contributed by atoms with E-state index in [1.54, 1.807) is 12.4 Å². The number of aromatic nitrogens is 7. The monoisotopic (exact) mass is 279 g/mol. The molecular weight excluding hydrogens is 266 g/mol. The van der Waals surface area contributed by atoms with E-state index >= 15 is 0 Å². The first-order chi connectivity index (χ1) is 10.3. The summed E-state index contributed by atoms with van der Waals surface area (Å²) in [5, 5.41) is 18.5. The van der Waals surface area contributed by atoms with Gasteiger partial charge < -0.3 is 0 Å². The van der Waals surface area contributed by atoms with Crippen LogP contribution >= 0.6 is 0 Å². The minimum Gasteiger partial charge on any atom is -0.285 e. The average molecular weight is 279 g/mol. The lowest BCUT2D eigenvalue weighted by Gasteiger charge is -2.04. The van der Waals surface area contributed by atoms with Gasteiger partial charge in [-0.1, -0.05) is 6.92 Å². The van der Waals surface area contributed by atoms with Gasteiger partial charge in [0.25, 0.3) is 0 Å². The van der Waals surface area contributed by atoms with Crippen LogP contribution < -0.4 is 0 Å². The van der Waals surface area contributed by atoms with Gasteiger partial charge in [0.15, 0.2) is 0 Å². The number of hydrogen-bond acceptors (Lipinski definition) is 4. The molecule has 21 heavy (non-hydrogen) atoms. The molecule has 2 N–H and O–H groups in total. The van der Waals surface area contributed by atoms with Gasteiger partial charge in [-0.15, -0.1) is 0 Å². The first-order valence-electron chi connectivity index (χ1n) is 6.73. The van der Waals surface area contributed by atoms with Crippen molar-refractivity contribution in [3.05, 3.63) is 42.6 Å². The molecule has 4 aromatic heterocycles. The van der Waals surface area contributed by atoms with E-state index in [0.717, 1.165) is 40.3 Å². The van der Waals surface area contributed by atoms with Gasteiger partial charge in [0.2, 0.25) is 0 Å². The Labute approximate surface area is 120 Å². The zero-order valence-corrected chi connectivity index (χ0v) is 11.4. The molecule has 7 nitrogen and oxygen atoms in total. The van der Waals surface area contributed by atoms with Gasteiger partial charge in [0.05, 0.1) is 29.8 Å². The summed E-state index contributed by atoms with van der Waals surface area (Å²) < 4.78 is 1.81. The molecule has 104 valence electrons. The van der Waals surface area contributed by atoms with E-state index in [0.29, 0.717) is 0 Å². The zero-order chi connectivity index (χ0) is 14.2. The second kappa shape index (κ2) is 4.55. The van der Waals surface area contributed by atoms with E-state index < -0.39 is 0 Å². The van der Waals surface area contributed by atoms with Gasteiger partial charge in [-0.25, -0.2) is 9.50 Å². The van der Waals surface area contributed by atoms with Crippen LogP contribution in [0.15, 0.2) is 36.9 Å². The molecule has 0 unspecified atom stereocenters. The Kier molecular flexibility index (Phi) is 2.56. The van der Waals surface area contributed by atoms with Crippen LogP contribution in [-0.2, 0) is 6.42 Å². The Balaban J connectivity index is 1.94. The van der Waals surface area contributed by atoms with Crippen LogP contribution in [0.4, 0.5) is 0 Å². The molecule has 0 aromatic carbocycles. The molecule has 0 aliphatic heterocycles. The molecule has 0 aliphatic carbocycles. The number of aromatic amines is 2. The van der Waals surface area contributed by atoms with Gasteiger partial charge in [0.1, 0.15) is 11.4 Å². The van der Waals surface area contributed by atoms with Crippen molar-refractivity contribution in [1.82, 2.24) is 35.0 Å². The first-order valence-corrected chi connectivity index (χ1v) is 6.73. The Morgan fingerprint density at radius 3 is 3.00 bits per heavy atom. The minimum atomic E-state index is 0.776. The van der Waals surface area contributed by atoms with Crippen LogP contribution in [0.25, 0.3) is 28.2 Å². The van der Waals surface area contributed by atoms with Crippen molar-refractivity contribution < 1.29 is 0 Å². The van der Waals surface area contributed by atoms with E-state index in [-0.39, 0.29) is 0 Å². The van der Waals surface area contributed by atoms with Gasteiger partial charge in [-0.3, -0.25) is 10.2 Å². The molecule has 0 bridgehead atoms. The van der Waals surface area contributed by atoms with Gasteiger partial charge in [-0.2, -0.15) is 15.3 Å². The summed E-state index contributed by atoms with van der Waals surface area (Å²) in [6.45, 7) is 2.08. The molecule has 0 aliphatic rings. The number of fused-ring (bicyclic) bond motifs is 1. The summed E-state index contributed by atoms with van der Waals surface area (Å²) in [4.78, 5) is 4.73. The van der Waals surface area contributed by atoms with Gasteiger partial charge in [0, 0.05) is 17.5 Å². The quantitative estimate of drug-likeness (QED) is 0.601. The Morgan fingerprint density at radius 2 is 2.24 bits per heavy atom. The standard InChI is InChI=1S/C14H13N7/c1-2-10-5-11(20-19-10)12-8-21-13(3-4-17-21)14(18-12)9-6-15-16-7-9/h3-8H,2H2,1H3,(H,15,16)(H,19,20). The summed E-state index contributed by atoms with van der Waals surface area (Å²) in [5.41, 5.74) is 5.37. The lowest BCUT2D eigenvalue weighted by atomic mass is 10.2. The number of nitrogens with one attached hydrogen (secondary N) is 2. The van der Waals surface area contributed by atoms with Crippen molar-refractivity contribution in [1.29, 1.82) is 0 Å². The smallest absolute Gasteiger partial charge is 0.112 e. The lowest BCUT2D eigenvalue weighted by Crippen LogP contribution is -1.96. The van der Waals surface area contributed by atoms with Crippen molar-refractivity contribution in [2.75, 3.05) is 0 Å². The maximum absolute atomic E-state index is 4.73. The molecular formula is C14H13N7. The maximum Gasteiger partial charge on any atom is 0.112 e. The molecule has 7 heteroatoms. The fourth-order valence-corrected chi connectivity index (χ4v) is 2.32. The Hall–Kier alpha value is -2.96. The van der Waals surface area contributed by atoms with E-state index in [1.807, 2.05) is 29.0 Å². The molecule has 0 fully saturated rings. The summed E-state index contributed by atoms with van der Waals surface area (Å²) >= 11 is 0. The third-order valence-corrected chi connectivity index (χ3v) is 3.44. The molecule has 4 aromatic rings. The summed E-state index contributed by atoms with van der Waals surface area (Å²) in [6, 6.07) is 3.94. The highest BCUT2D eigenvalue weighted by Crippen LogP contribution is 2.25. The van der Waals surface area contributed by atoms with Gasteiger partial charge in [-0.05, 0) is 18.6 Å². The Bertz CT molecular complexity index is 885. The highest BCUT2D eigenvalue weighted by atomic mass is 15.2. The zero-order valence-electron chi connectivity index (χ0n) is 11.4. The SMILES string of the molecule is CCc1cc(-c2cn3nccc3c(-c3cn[nH]c3)n2)n[nH]1. The number of rotatable bonds is 3. The molecule has 4 heterocycles. The summed E-state index contributed by atoms with van der Waals surface area (Å²) in [7, 11) is 0. The molecule has 0 amide bonds. The van der Waals surface area contributed by atoms with Crippen LogP contribution in [0.3, 0.4) is 0 Å². The fourth-order valence-electron chi connectivity index (χ4n) is 2.32. The van der Waals surface area contributed by atoms with E-state index in [1.165, 1.54) is 0 Å². The number of nitrogens with zero attached hydrogens (tertiary/aromatic N) is 5. The average Bonchev–Trinajstić information content (AvgIpc) is 3.25. The van der Waals surface area contributed by atoms with Gasteiger partial charge >= 0.3 is 0 Å². The van der Waals surface area contributed by atoms with Crippen molar-refractivity contribution in [2.45, 2.75) is 13.3 Å². The predicted octanol–water partition coefficient (Wildman–Crippen LogP) is 2.07. The Morgan fingerprint density at radius 1 is 1.29 bits per heavy atom. The minimum absolute atomic E-state index is 0.776. The third kappa shape index (κ3) is 1.90. The van der Waals surface area contributed by atoms with E-state index in [9.17, 15) is 0 Å². The van der Waals surface area contributed by atoms with Crippen molar-refractivity contribution in [3.63, 3.8) is 0 Å². The van der Waals surface area contributed by atoms with Crippen molar-refractivity contribution >= 4 is 5.52 Å². The molecule has 0 spiro atoms. The van der Waals surface area contributed by atoms with Crippen LogP contribution in [0.5, 0.6) is 0 Å². The highest BCUT2D eigenvalue weighted by Gasteiger charge is 2.13. The van der Waals surface area contributed by atoms with Crippen LogP contribution in [0.1, 0.15) is 12.6 Å². The summed E-state index contributed by atoms with van der Waals surface area (Å²) in [5.74, 6) is 0. The van der Waals surface area contributed by atoms with E-state index in [4.69, 9.17) is 4.98 Å².